The van der Waals surface area contributed by atoms with Gasteiger partial charge in [-0.2, -0.15) is 0 Å². The van der Waals surface area contributed by atoms with Crippen LogP contribution in [-0.4, -0.2) is 36.6 Å². The van der Waals surface area contributed by atoms with Crippen molar-refractivity contribution in [2.45, 2.75) is 162 Å². The van der Waals surface area contributed by atoms with E-state index in [4.69, 9.17) is 0 Å². The molecule has 2 unspecified atom stereocenters. The van der Waals surface area contributed by atoms with Gasteiger partial charge in [0.25, 0.3) is 0 Å². The number of carboxylic acid groups (broad SMARTS) is 1. The Morgan fingerprint density at radius 2 is 1.03 bits per heavy atom. The summed E-state index contributed by atoms with van der Waals surface area (Å²) in [7, 11) is 4.10. The van der Waals surface area contributed by atoms with Gasteiger partial charge >= 0.3 is 5.97 Å². The number of hydrogen-bond donors (Lipinski definition) is 1. The average Bonchev–Trinajstić information content (AvgIpc) is 2.89. The summed E-state index contributed by atoms with van der Waals surface area (Å²) < 4.78 is 0. The lowest BCUT2D eigenvalue weighted by Gasteiger charge is -2.25. The summed E-state index contributed by atoms with van der Waals surface area (Å²) in [4.78, 5) is 14.2. The molecule has 0 aromatic carbocycles. The maximum Gasteiger partial charge on any atom is 0.306 e. The quantitative estimate of drug-likeness (QED) is 0.0767. The minimum absolute atomic E-state index is 0.179. The van der Waals surface area contributed by atoms with Gasteiger partial charge < -0.3 is 10.0 Å². The smallest absolute Gasteiger partial charge is 0.306 e. The number of carboxylic acids is 1. The number of unbranched alkanes of at least 4 members (excludes halogenated alkanes) is 16. The van der Waals surface area contributed by atoms with Crippen LogP contribution in [0.5, 0.6) is 0 Å². The van der Waals surface area contributed by atoms with Crippen LogP contribution in [0.2, 0.25) is 0 Å². The fraction of sp³-hybridized carbons (Fsp3) is 0.857. The van der Waals surface area contributed by atoms with Crippen molar-refractivity contribution in [2.75, 3.05) is 20.6 Å². The Kier molecular flexibility index (Phi) is 28.1. The molecule has 0 aromatic heterocycles. The molecule has 1 N–H and O–H groups in total. The number of hydrogen-bond acceptors (Lipinski definition) is 2. The normalized spacial score (nSPS) is 13.7. The number of nitrogens with zero attached hydrogens (tertiary/aromatic N) is 1. The van der Waals surface area contributed by atoms with Gasteiger partial charge in [0, 0.05) is 0 Å². The van der Waals surface area contributed by atoms with Crippen LogP contribution in [0.4, 0.5) is 0 Å². The molecule has 0 heterocycles. The van der Waals surface area contributed by atoms with Crippen LogP contribution in [-0.2, 0) is 4.79 Å². The third-order valence-electron chi connectivity index (χ3n) is 7.98. The molecule has 0 aliphatic rings. The summed E-state index contributed by atoms with van der Waals surface area (Å²) in [5.41, 5.74) is 0. The summed E-state index contributed by atoms with van der Waals surface area (Å²) in [6.45, 7) is 5.39. The molecule has 38 heavy (non-hydrogen) atoms. The molecular formula is C35H67NO2. The molecule has 0 bridgehead atoms. The molecule has 224 valence electrons. The zero-order valence-electron chi connectivity index (χ0n) is 26.2. The van der Waals surface area contributed by atoms with Crippen molar-refractivity contribution >= 4 is 5.97 Å². The zero-order chi connectivity index (χ0) is 28.1. The molecule has 2 atom stereocenters. The van der Waals surface area contributed by atoms with Crippen molar-refractivity contribution in [1.29, 1.82) is 0 Å². The van der Waals surface area contributed by atoms with Crippen molar-refractivity contribution in [3.8, 4) is 0 Å². The van der Waals surface area contributed by atoms with E-state index in [0.717, 1.165) is 32.2 Å². The second-order valence-electron chi connectivity index (χ2n) is 11.9. The monoisotopic (exact) mass is 534 g/mol. The Morgan fingerprint density at radius 3 is 1.50 bits per heavy atom. The van der Waals surface area contributed by atoms with E-state index in [0.29, 0.717) is 5.92 Å². The van der Waals surface area contributed by atoms with Gasteiger partial charge in [0.2, 0.25) is 0 Å². The Hall–Kier alpha value is -1.09. The van der Waals surface area contributed by atoms with Crippen molar-refractivity contribution in [3.63, 3.8) is 0 Å². The predicted molar refractivity (Wildman–Crippen MR) is 169 cm³/mol. The number of rotatable bonds is 29. The van der Waals surface area contributed by atoms with E-state index >= 15 is 0 Å². The highest BCUT2D eigenvalue weighted by atomic mass is 16.4. The minimum Gasteiger partial charge on any atom is -0.481 e. The highest BCUT2D eigenvalue weighted by Gasteiger charge is 2.27. The van der Waals surface area contributed by atoms with E-state index in [1.807, 2.05) is 14.1 Å². The van der Waals surface area contributed by atoms with Gasteiger partial charge in [-0.1, -0.05) is 134 Å². The van der Waals surface area contributed by atoms with Crippen molar-refractivity contribution < 1.29 is 9.90 Å². The molecule has 0 radical (unpaired) electrons. The van der Waals surface area contributed by atoms with E-state index < -0.39 is 5.97 Å². The van der Waals surface area contributed by atoms with Crippen molar-refractivity contribution in [2.24, 2.45) is 11.8 Å². The SMILES string of the molecule is CCCCC/C=C\C/C=C\CCCCCCCCCC(CCCCCCCCC)C(CCN(C)C)C(=O)O. The molecule has 0 aliphatic carbocycles. The Bertz CT molecular complexity index is 554. The predicted octanol–water partition coefficient (Wildman–Crippen LogP) is 11.0. The average molecular weight is 534 g/mol. The largest absolute Gasteiger partial charge is 0.481 e. The van der Waals surface area contributed by atoms with E-state index in [2.05, 4.69) is 43.1 Å². The number of aliphatic carboxylic acids is 1. The highest BCUT2D eigenvalue weighted by molar-refractivity contribution is 5.70. The van der Waals surface area contributed by atoms with Crippen molar-refractivity contribution in [1.82, 2.24) is 4.90 Å². The maximum absolute atomic E-state index is 12.1. The van der Waals surface area contributed by atoms with Crippen LogP contribution >= 0.6 is 0 Å². The maximum atomic E-state index is 12.1. The van der Waals surface area contributed by atoms with Crippen LogP contribution in [0.1, 0.15) is 162 Å². The number of allylic oxidation sites excluding steroid dienone is 4. The molecule has 0 fully saturated rings. The molecule has 0 aliphatic heterocycles. The van der Waals surface area contributed by atoms with Gasteiger partial charge in [-0.05, 0) is 77.9 Å². The third-order valence-corrected chi connectivity index (χ3v) is 7.98. The Morgan fingerprint density at radius 1 is 0.605 bits per heavy atom. The van der Waals surface area contributed by atoms with Crippen LogP contribution < -0.4 is 0 Å². The van der Waals surface area contributed by atoms with E-state index in [-0.39, 0.29) is 5.92 Å². The molecular weight excluding hydrogens is 466 g/mol. The molecule has 0 saturated carbocycles. The highest BCUT2D eigenvalue weighted by Crippen LogP contribution is 2.29. The molecule has 0 rings (SSSR count). The number of carbonyl (C=O) groups is 1. The summed E-state index contributed by atoms with van der Waals surface area (Å²) >= 11 is 0. The van der Waals surface area contributed by atoms with E-state index in [9.17, 15) is 9.90 Å². The molecule has 0 amide bonds. The molecule has 3 heteroatoms. The molecule has 0 spiro atoms. The van der Waals surface area contributed by atoms with Gasteiger partial charge in [0.15, 0.2) is 0 Å². The van der Waals surface area contributed by atoms with Crippen molar-refractivity contribution in [3.05, 3.63) is 24.3 Å². The fourth-order valence-corrected chi connectivity index (χ4v) is 5.44. The Balaban J connectivity index is 4.08. The lowest BCUT2D eigenvalue weighted by molar-refractivity contribution is -0.144. The van der Waals surface area contributed by atoms with Gasteiger partial charge in [-0.15, -0.1) is 0 Å². The first-order valence-electron chi connectivity index (χ1n) is 16.7. The summed E-state index contributed by atoms with van der Waals surface area (Å²) in [6, 6.07) is 0. The van der Waals surface area contributed by atoms with Crippen LogP contribution in [0.15, 0.2) is 24.3 Å². The summed E-state index contributed by atoms with van der Waals surface area (Å²) in [5.74, 6) is -0.403. The summed E-state index contributed by atoms with van der Waals surface area (Å²) in [5, 5.41) is 9.97. The van der Waals surface area contributed by atoms with Crippen LogP contribution in [0.3, 0.4) is 0 Å². The molecule has 0 saturated heterocycles. The molecule has 0 aromatic rings. The van der Waals surface area contributed by atoms with Gasteiger partial charge in [0.1, 0.15) is 0 Å². The van der Waals surface area contributed by atoms with Gasteiger partial charge in [-0.3, -0.25) is 4.79 Å². The van der Waals surface area contributed by atoms with Gasteiger partial charge in [0.05, 0.1) is 5.92 Å². The lowest BCUT2D eigenvalue weighted by Crippen LogP contribution is -2.28. The topological polar surface area (TPSA) is 40.5 Å². The second kappa shape index (κ2) is 28.9. The molecule has 3 nitrogen and oxygen atoms in total. The first-order valence-corrected chi connectivity index (χ1v) is 16.7. The minimum atomic E-state index is -0.572. The Labute approximate surface area is 238 Å². The third kappa shape index (κ3) is 25.2. The van der Waals surface area contributed by atoms with E-state index in [1.54, 1.807) is 0 Å². The first kappa shape index (κ1) is 36.9. The summed E-state index contributed by atoms with van der Waals surface area (Å²) in [6.07, 6.45) is 38.0. The zero-order valence-corrected chi connectivity index (χ0v) is 26.2. The van der Waals surface area contributed by atoms with E-state index in [1.165, 1.54) is 122 Å². The van der Waals surface area contributed by atoms with Gasteiger partial charge in [-0.25, -0.2) is 0 Å². The fourth-order valence-electron chi connectivity index (χ4n) is 5.44. The van der Waals surface area contributed by atoms with Crippen LogP contribution in [0.25, 0.3) is 0 Å². The second-order valence-corrected chi connectivity index (χ2v) is 11.9. The van der Waals surface area contributed by atoms with Crippen LogP contribution in [0, 0.1) is 11.8 Å². The first-order chi connectivity index (χ1) is 18.5. The lowest BCUT2D eigenvalue weighted by atomic mass is 9.81. The standard InChI is InChI=1S/C35H67NO2/c1-5-7-9-11-13-14-15-16-17-18-19-20-21-22-24-26-28-30-33(29-27-25-23-12-10-8-6-2)34(35(37)38)31-32-36(3)4/h13-14,16-17,33-34H,5-12,15,18-32H2,1-4H3,(H,37,38)/b14-13-,17-16-.